The average molecular weight is 778 g/mol. The van der Waals surface area contributed by atoms with Crippen molar-refractivity contribution in [3.63, 3.8) is 0 Å². The van der Waals surface area contributed by atoms with Crippen molar-refractivity contribution in [3.8, 4) is 0 Å². The van der Waals surface area contributed by atoms with E-state index in [1.165, 1.54) is 0 Å². The summed E-state index contributed by atoms with van der Waals surface area (Å²) in [4.78, 5) is 39.8. The van der Waals surface area contributed by atoms with E-state index in [0.717, 1.165) is 120 Å². The standard InChI is InChI=1S/C37H67N19/c1-2-22-55(24-15-38)27-21-48-37-53-35(44)52-36(54-37)47-20-7-6-19-46-33(42)29-13-11-28(12-14-29)32(41)45-18-5-3-4-9-30-49-31(51-34(43)50-30)10-8-23-56(25-16-39)26-17-40/h11-14H,2-10,15-27,38-40H2,1H3,(H2,41,45)(H2,42,46)(H2,43,49,50,51)(H4,44,47,48,52,53,54). The van der Waals surface area contributed by atoms with Crippen molar-refractivity contribution in [2.24, 2.45) is 38.7 Å². The highest BCUT2D eigenvalue weighted by molar-refractivity contribution is 6.00. The summed E-state index contributed by atoms with van der Waals surface area (Å²) >= 11 is 0. The molecule has 3 rings (SSSR count). The van der Waals surface area contributed by atoms with E-state index in [9.17, 15) is 0 Å². The third kappa shape index (κ3) is 18.2. The Bertz CT molecular complexity index is 1450. The molecule has 16 N–H and O–H groups in total. The molecule has 310 valence electrons. The SMILES string of the molecule is CCCN(CCN)CCNc1nc(N)nc(NCCCCN=C(N)c2ccc(C(N)=NCCCCCc3nc(N)nc(CCCN(CCN)CCN)n3)cc2)n1. The van der Waals surface area contributed by atoms with Gasteiger partial charge >= 0.3 is 0 Å². The second-order valence-electron chi connectivity index (χ2n) is 13.5. The van der Waals surface area contributed by atoms with Crippen LogP contribution < -0.4 is 50.8 Å². The van der Waals surface area contributed by atoms with Gasteiger partial charge in [-0.1, -0.05) is 37.6 Å². The second-order valence-corrected chi connectivity index (χ2v) is 13.5. The van der Waals surface area contributed by atoms with Crippen LogP contribution in [0.25, 0.3) is 0 Å². The molecule has 56 heavy (non-hydrogen) atoms. The first-order valence-corrected chi connectivity index (χ1v) is 20.0. The maximum Gasteiger partial charge on any atom is 0.229 e. The van der Waals surface area contributed by atoms with Gasteiger partial charge in [0.2, 0.25) is 23.8 Å². The number of aliphatic imine (C=N–C) groups is 2. The number of hydrogen-bond acceptors (Lipinski definition) is 17. The lowest BCUT2D eigenvalue weighted by Gasteiger charge is -2.20. The van der Waals surface area contributed by atoms with E-state index in [4.69, 9.17) is 40.1 Å². The van der Waals surface area contributed by atoms with Gasteiger partial charge < -0.3 is 60.6 Å². The molecule has 2 heterocycles. The lowest BCUT2D eigenvalue weighted by Crippen LogP contribution is -2.34. The smallest absolute Gasteiger partial charge is 0.229 e. The van der Waals surface area contributed by atoms with Crippen LogP contribution in [0.2, 0.25) is 0 Å². The number of amidine groups is 2. The van der Waals surface area contributed by atoms with Crippen LogP contribution in [0.1, 0.15) is 74.6 Å². The van der Waals surface area contributed by atoms with Crippen molar-refractivity contribution in [2.75, 3.05) is 107 Å². The Kier molecular flexibility index (Phi) is 21.9. The van der Waals surface area contributed by atoms with Crippen LogP contribution in [-0.2, 0) is 12.8 Å². The number of nitrogens with two attached hydrogens (primary N) is 7. The normalized spacial score (nSPS) is 12.2. The van der Waals surface area contributed by atoms with Crippen LogP contribution in [0.5, 0.6) is 0 Å². The second kappa shape index (κ2) is 26.9. The molecule has 3 aromatic rings. The first kappa shape index (κ1) is 45.6. The highest BCUT2D eigenvalue weighted by atomic mass is 15.3. The molecule has 0 saturated carbocycles. The molecule has 0 aliphatic rings. The van der Waals surface area contributed by atoms with Crippen molar-refractivity contribution < 1.29 is 0 Å². The minimum atomic E-state index is 0.163. The number of nitrogen functional groups attached to an aromatic ring is 2. The van der Waals surface area contributed by atoms with Crippen LogP contribution in [-0.4, -0.2) is 136 Å². The largest absolute Gasteiger partial charge is 0.384 e. The van der Waals surface area contributed by atoms with Gasteiger partial charge in [-0.3, -0.25) is 9.98 Å². The summed E-state index contributed by atoms with van der Waals surface area (Å²) in [6.07, 6.45) is 7.91. The Morgan fingerprint density at radius 3 is 1.61 bits per heavy atom. The summed E-state index contributed by atoms with van der Waals surface area (Å²) in [7, 11) is 0. The Hall–Kier alpha value is -4.82. The summed E-state index contributed by atoms with van der Waals surface area (Å²) in [5, 5.41) is 6.45. The fourth-order valence-corrected chi connectivity index (χ4v) is 5.99. The number of hydrogen-bond donors (Lipinski definition) is 9. The van der Waals surface area contributed by atoms with Gasteiger partial charge in [-0.25, -0.2) is 4.98 Å². The molecule has 2 aromatic heterocycles. The molecule has 0 aliphatic carbocycles. The summed E-state index contributed by atoms with van der Waals surface area (Å²) in [6.45, 7) is 11.8. The molecule has 0 saturated heterocycles. The van der Waals surface area contributed by atoms with Crippen LogP contribution in [0.4, 0.5) is 23.8 Å². The van der Waals surface area contributed by atoms with Crippen LogP contribution in [0.15, 0.2) is 34.3 Å². The zero-order valence-electron chi connectivity index (χ0n) is 33.4. The topological polar surface area (TPSA) is 315 Å². The highest BCUT2D eigenvalue weighted by Crippen LogP contribution is 2.10. The zero-order valence-corrected chi connectivity index (χ0v) is 33.4. The molecule has 0 atom stereocenters. The lowest BCUT2D eigenvalue weighted by atomic mass is 10.1. The molecule has 1 aromatic carbocycles. The van der Waals surface area contributed by atoms with E-state index < -0.39 is 0 Å². The molecular weight excluding hydrogens is 711 g/mol. The summed E-state index contributed by atoms with van der Waals surface area (Å²) < 4.78 is 0. The number of aryl methyl sites for hydroxylation is 2. The quantitative estimate of drug-likeness (QED) is 0.0247. The Labute approximate surface area is 332 Å². The van der Waals surface area contributed by atoms with Crippen molar-refractivity contribution in [2.45, 2.75) is 64.7 Å². The number of unbranched alkanes of at least 4 members (excludes halogenated alkanes) is 3. The maximum atomic E-state index is 6.29. The lowest BCUT2D eigenvalue weighted by molar-refractivity contribution is 0.284. The molecule has 0 amide bonds. The predicted octanol–water partition coefficient (Wildman–Crippen LogP) is 0.171. The Morgan fingerprint density at radius 1 is 0.554 bits per heavy atom. The number of aromatic nitrogens is 6. The molecule has 0 spiro atoms. The monoisotopic (exact) mass is 778 g/mol. The van der Waals surface area contributed by atoms with E-state index in [1.807, 2.05) is 24.3 Å². The van der Waals surface area contributed by atoms with Gasteiger partial charge in [-0.2, -0.15) is 24.9 Å². The minimum Gasteiger partial charge on any atom is -0.384 e. The van der Waals surface area contributed by atoms with E-state index in [0.29, 0.717) is 69.4 Å². The predicted molar refractivity (Wildman–Crippen MR) is 229 cm³/mol. The number of rotatable bonds is 30. The van der Waals surface area contributed by atoms with Gasteiger partial charge in [0, 0.05) is 96.0 Å². The van der Waals surface area contributed by atoms with E-state index in [2.05, 4.69) is 67.2 Å². The van der Waals surface area contributed by atoms with Gasteiger partial charge in [0.15, 0.2) is 0 Å². The van der Waals surface area contributed by atoms with E-state index in [-0.39, 0.29) is 11.9 Å². The molecule has 0 aliphatic heterocycles. The maximum absolute atomic E-state index is 6.29. The third-order valence-corrected chi connectivity index (χ3v) is 8.83. The number of benzene rings is 1. The van der Waals surface area contributed by atoms with E-state index in [1.54, 1.807) is 0 Å². The molecular formula is C37H67N19. The van der Waals surface area contributed by atoms with Crippen LogP contribution in [0, 0.1) is 0 Å². The average Bonchev–Trinajstić information content (AvgIpc) is 3.17. The number of anilines is 4. The van der Waals surface area contributed by atoms with Gasteiger partial charge in [0.25, 0.3) is 0 Å². The molecule has 19 heteroatoms. The fraction of sp³-hybridized carbons (Fsp3) is 0.622. The number of nitrogens with one attached hydrogen (secondary N) is 2. The number of nitrogens with zero attached hydrogens (tertiary/aromatic N) is 10. The van der Waals surface area contributed by atoms with Crippen molar-refractivity contribution in [3.05, 3.63) is 47.0 Å². The molecule has 19 nitrogen and oxygen atoms in total. The van der Waals surface area contributed by atoms with Crippen molar-refractivity contribution in [1.29, 1.82) is 0 Å². The van der Waals surface area contributed by atoms with E-state index >= 15 is 0 Å². The van der Waals surface area contributed by atoms with Crippen LogP contribution >= 0.6 is 0 Å². The molecule has 0 radical (unpaired) electrons. The Morgan fingerprint density at radius 2 is 1.05 bits per heavy atom. The first-order chi connectivity index (χ1) is 27.2. The van der Waals surface area contributed by atoms with Crippen molar-refractivity contribution in [1.82, 2.24) is 39.7 Å². The fourth-order valence-electron chi connectivity index (χ4n) is 5.99. The zero-order chi connectivity index (χ0) is 40.4. The molecule has 0 fully saturated rings. The first-order valence-electron chi connectivity index (χ1n) is 20.0. The summed E-state index contributed by atoms with van der Waals surface area (Å²) in [5.74, 6) is 3.74. The van der Waals surface area contributed by atoms with Crippen LogP contribution in [0.3, 0.4) is 0 Å². The Balaban J connectivity index is 1.32. The summed E-state index contributed by atoms with van der Waals surface area (Å²) in [6, 6.07) is 7.67. The van der Waals surface area contributed by atoms with Gasteiger partial charge in [-0.05, 0) is 51.6 Å². The van der Waals surface area contributed by atoms with Gasteiger partial charge in [0.05, 0.1) is 0 Å². The van der Waals surface area contributed by atoms with Gasteiger partial charge in [-0.15, -0.1) is 0 Å². The van der Waals surface area contributed by atoms with Crippen molar-refractivity contribution >= 4 is 35.5 Å². The molecule has 0 bridgehead atoms. The van der Waals surface area contributed by atoms with Gasteiger partial charge in [0.1, 0.15) is 23.3 Å². The summed E-state index contributed by atoms with van der Waals surface area (Å²) in [5.41, 5.74) is 43.3. The third-order valence-electron chi connectivity index (χ3n) is 8.83. The minimum absolute atomic E-state index is 0.163. The molecule has 0 unspecified atom stereocenters. The highest BCUT2D eigenvalue weighted by Gasteiger charge is 2.09.